The van der Waals surface area contributed by atoms with Gasteiger partial charge in [-0.2, -0.15) is 11.3 Å². The molecule has 2 rings (SSSR count). The lowest BCUT2D eigenvalue weighted by Crippen LogP contribution is -2.39. The fraction of sp³-hybridized carbons (Fsp3) is 0.235. The van der Waals surface area contributed by atoms with Gasteiger partial charge in [-0.15, -0.1) is 0 Å². The number of hydrogen-bond donors (Lipinski definition) is 3. The van der Waals surface area contributed by atoms with Crippen molar-refractivity contribution < 1.29 is 14.4 Å². The SMILES string of the molecule is CNC(=O)CC(NC(=O)CNC(=O)c1ccsc1)c1ccccc1. The van der Waals surface area contributed by atoms with Gasteiger partial charge in [-0.1, -0.05) is 30.3 Å². The van der Waals surface area contributed by atoms with E-state index in [9.17, 15) is 14.4 Å². The highest BCUT2D eigenvalue weighted by atomic mass is 32.1. The second kappa shape index (κ2) is 8.83. The Hall–Kier alpha value is -2.67. The van der Waals surface area contributed by atoms with E-state index in [1.807, 2.05) is 30.3 Å². The Kier molecular flexibility index (Phi) is 6.51. The summed E-state index contributed by atoms with van der Waals surface area (Å²) in [4.78, 5) is 35.6. The van der Waals surface area contributed by atoms with Crippen LogP contribution in [0, 0.1) is 0 Å². The maximum Gasteiger partial charge on any atom is 0.252 e. The number of carbonyl (C=O) groups excluding carboxylic acids is 3. The zero-order valence-electron chi connectivity index (χ0n) is 13.2. The molecule has 0 spiro atoms. The third kappa shape index (κ3) is 5.20. The zero-order chi connectivity index (χ0) is 17.4. The molecule has 1 atom stereocenters. The Balaban J connectivity index is 1.94. The number of rotatable bonds is 7. The van der Waals surface area contributed by atoms with Crippen LogP contribution in [0.15, 0.2) is 47.2 Å². The highest BCUT2D eigenvalue weighted by Gasteiger charge is 2.18. The first-order valence-electron chi connectivity index (χ1n) is 7.45. The lowest BCUT2D eigenvalue weighted by Gasteiger charge is -2.18. The number of carbonyl (C=O) groups is 3. The molecular formula is C17H19N3O3S. The predicted octanol–water partition coefficient (Wildman–Crippen LogP) is 1.47. The van der Waals surface area contributed by atoms with E-state index in [0.717, 1.165) is 5.56 Å². The molecule has 0 bridgehead atoms. The van der Waals surface area contributed by atoms with Crippen LogP contribution in [0.4, 0.5) is 0 Å². The van der Waals surface area contributed by atoms with E-state index in [4.69, 9.17) is 0 Å². The highest BCUT2D eigenvalue weighted by molar-refractivity contribution is 7.08. The average molecular weight is 345 g/mol. The Morgan fingerprint density at radius 3 is 2.46 bits per heavy atom. The van der Waals surface area contributed by atoms with Crippen molar-refractivity contribution in [1.29, 1.82) is 0 Å². The quantitative estimate of drug-likeness (QED) is 0.710. The summed E-state index contributed by atoms with van der Waals surface area (Å²) in [5.74, 6) is -0.822. The summed E-state index contributed by atoms with van der Waals surface area (Å²) in [6, 6.07) is 10.5. The van der Waals surface area contributed by atoms with Crippen molar-refractivity contribution in [2.24, 2.45) is 0 Å². The van der Waals surface area contributed by atoms with E-state index in [0.29, 0.717) is 5.56 Å². The molecule has 1 heterocycles. The standard InChI is InChI=1S/C17H19N3O3S/c1-18-15(21)9-14(12-5-3-2-4-6-12)20-16(22)10-19-17(23)13-7-8-24-11-13/h2-8,11,14H,9-10H2,1H3,(H,18,21)(H,19,23)(H,20,22). The molecule has 126 valence electrons. The number of nitrogens with one attached hydrogen (secondary N) is 3. The van der Waals surface area contributed by atoms with Crippen LogP contribution >= 0.6 is 11.3 Å². The average Bonchev–Trinajstić information content (AvgIpc) is 3.14. The van der Waals surface area contributed by atoms with Crippen LogP contribution in [0.1, 0.15) is 28.4 Å². The van der Waals surface area contributed by atoms with Crippen molar-refractivity contribution in [2.75, 3.05) is 13.6 Å². The van der Waals surface area contributed by atoms with Gasteiger partial charge < -0.3 is 16.0 Å². The summed E-state index contributed by atoms with van der Waals surface area (Å²) in [5.41, 5.74) is 1.36. The molecule has 1 aromatic carbocycles. The van der Waals surface area contributed by atoms with Gasteiger partial charge in [-0.3, -0.25) is 14.4 Å². The molecule has 0 saturated carbocycles. The van der Waals surface area contributed by atoms with Crippen molar-refractivity contribution in [3.8, 4) is 0 Å². The van der Waals surface area contributed by atoms with Gasteiger partial charge in [0.25, 0.3) is 5.91 Å². The van der Waals surface area contributed by atoms with E-state index < -0.39 is 6.04 Å². The molecule has 3 amide bonds. The summed E-state index contributed by atoms with van der Waals surface area (Å²) in [6.45, 7) is -0.147. The molecular weight excluding hydrogens is 326 g/mol. The number of benzene rings is 1. The second-order valence-electron chi connectivity index (χ2n) is 5.10. The Morgan fingerprint density at radius 1 is 1.08 bits per heavy atom. The summed E-state index contributed by atoms with van der Waals surface area (Å²) >= 11 is 1.41. The van der Waals surface area contributed by atoms with Gasteiger partial charge in [-0.05, 0) is 17.0 Å². The van der Waals surface area contributed by atoms with Crippen LogP contribution in [0.25, 0.3) is 0 Å². The number of hydrogen-bond acceptors (Lipinski definition) is 4. The van der Waals surface area contributed by atoms with Crippen molar-refractivity contribution in [2.45, 2.75) is 12.5 Å². The van der Waals surface area contributed by atoms with Crippen LogP contribution < -0.4 is 16.0 Å². The lowest BCUT2D eigenvalue weighted by molar-refractivity contribution is -0.123. The molecule has 0 radical (unpaired) electrons. The summed E-state index contributed by atoms with van der Waals surface area (Å²) < 4.78 is 0. The largest absolute Gasteiger partial charge is 0.359 e. The monoisotopic (exact) mass is 345 g/mol. The van der Waals surface area contributed by atoms with E-state index in [-0.39, 0.29) is 30.7 Å². The first kappa shape index (κ1) is 17.7. The first-order chi connectivity index (χ1) is 11.6. The second-order valence-corrected chi connectivity index (χ2v) is 5.88. The van der Waals surface area contributed by atoms with Crippen LogP contribution in [-0.2, 0) is 9.59 Å². The molecule has 0 aliphatic rings. The van der Waals surface area contributed by atoms with E-state index >= 15 is 0 Å². The van der Waals surface area contributed by atoms with E-state index in [1.165, 1.54) is 11.3 Å². The normalized spacial score (nSPS) is 11.4. The summed E-state index contributed by atoms with van der Waals surface area (Å²) in [7, 11) is 1.55. The molecule has 6 nitrogen and oxygen atoms in total. The van der Waals surface area contributed by atoms with Crippen LogP contribution in [-0.4, -0.2) is 31.3 Å². The molecule has 24 heavy (non-hydrogen) atoms. The first-order valence-corrected chi connectivity index (χ1v) is 8.39. The minimum Gasteiger partial charge on any atom is -0.359 e. The van der Waals surface area contributed by atoms with Crippen molar-refractivity contribution >= 4 is 29.1 Å². The van der Waals surface area contributed by atoms with Gasteiger partial charge in [0.2, 0.25) is 11.8 Å². The minimum absolute atomic E-state index is 0.130. The van der Waals surface area contributed by atoms with E-state index in [2.05, 4.69) is 16.0 Å². The number of amides is 3. The molecule has 0 aliphatic heterocycles. The molecule has 0 saturated heterocycles. The molecule has 0 fully saturated rings. The maximum absolute atomic E-state index is 12.1. The lowest BCUT2D eigenvalue weighted by atomic mass is 10.0. The van der Waals surface area contributed by atoms with Gasteiger partial charge in [0.15, 0.2) is 0 Å². The molecule has 1 aromatic heterocycles. The predicted molar refractivity (Wildman–Crippen MR) is 92.7 cm³/mol. The molecule has 1 unspecified atom stereocenters. The Labute approximate surface area is 144 Å². The topological polar surface area (TPSA) is 87.3 Å². The summed E-state index contributed by atoms with van der Waals surface area (Å²) in [5, 5.41) is 11.4. The third-order valence-electron chi connectivity index (χ3n) is 3.40. The zero-order valence-corrected chi connectivity index (χ0v) is 14.1. The van der Waals surface area contributed by atoms with Crippen LogP contribution in [0.5, 0.6) is 0 Å². The van der Waals surface area contributed by atoms with Crippen molar-refractivity contribution in [3.05, 3.63) is 58.3 Å². The van der Waals surface area contributed by atoms with Crippen LogP contribution in [0.3, 0.4) is 0 Å². The Morgan fingerprint density at radius 2 is 1.83 bits per heavy atom. The molecule has 7 heteroatoms. The van der Waals surface area contributed by atoms with Gasteiger partial charge in [-0.25, -0.2) is 0 Å². The molecule has 3 N–H and O–H groups in total. The van der Waals surface area contributed by atoms with Gasteiger partial charge in [0.1, 0.15) is 0 Å². The van der Waals surface area contributed by atoms with Gasteiger partial charge >= 0.3 is 0 Å². The number of thiophene rings is 1. The van der Waals surface area contributed by atoms with E-state index in [1.54, 1.807) is 23.9 Å². The highest BCUT2D eigenvalue weighted by Crippen LogP contribution is 2.16. The molecule has 0 aliphatic carbocycles. The fourth-order valence-electron chi connectivity index (χ4n) is 2.13. The van der Waals surface area contributed by atoms with Gasteiger partial charge in [0, 0.05) is 18.0 Å². The van der Waals surface area contributed by atoms with Gasteiger partial charge in [0.05, 0.1) is 19.0 Å². The Bertz CT molecular complexity index is 686. The van der Waals surface area contributed by atoms with Crippen molar-refractivity contribution in [1.82, 2.24) is 16.0 Å². The molecule has 2 aromatic rings. The fourth-order valence-corrected chi connectivity index (χ4v) is 2.76. The third-order valence-corrected chi connectivity index (χ3v) is 4.08. The van der Waals surface area contributed by atoms with Crippen molar-refractivity contribution in [3.63, 3.8) is 0 Å². The van der Waals surface area contributed by atoms with Crippen LogP contribution in [0.2, 0.25) is 0 Å². The smallest absolute Gasteiger partial charge is 0.252 e. The summed E-state index contributed by atoms with van der Waals surface area (Å²) in [6.07, 6.45) is 0.130. The maximum atomic E-state index is 12.1. The minimum atomic E-state index is -0.448.